The maximum Gasteiger partial charge on any atom is 0.306 e. The van der Waals surface area contributed by atoms with Gasteiger partial charge in [-0.05, 0) is 66.5 Å². The smallest absolute Gasteiger partial charge is 0.306 e. The minimum atomic E-state index is -0.706. The van der Waals surface area contributed by atoms with Gasteiger partial charge in [-0.3, -0.25) is 9.48 Å². The number of hydrogen-bond donors (Lipinski definition) is 1. The molecular weight excluding hydrogens is 436 g/mol. The van der Waals surface area contributed by atoms with Gasteiger partial charge < -0.3 is 9.84 Å². The minimum absolute atomic E-state index is 0.343. The molecule has 0 bridgehead atoms. The molecule has 1 unspecified atom stereocenters. The average molecular weight is 469 g/mol. The van der Waals surface area contributed by atoms with Crippen LogP contribution in [-0.4, -0.2) is 28.0 Å². The molecule has 4 rings (SSSR count). The van der Waals surface area contributed by atoms with Crippen LogP contribution in [0.2, 0.25) is 0 Å². The van der Waals surface area contributed by atoms with Gasteiger partial charge in [-0.1, -0.05) is 66.7 Å². The number of aryl methyl sites for hydroxylation is 2. The number of ether oxygens (including phenoxy) is 1. The minimum Gasteiger partial charge on any atom is -0.497 e. The molecule has 1 N–H and O–H groups in total. The van der Waals surface area contributed by atoms with Crippen molar-refractivity contribution in [2.45, 2.75) is 38.6 Å². The van der Waals surface area contributed by atoms with E-state index in [0.717, 1.165) is 47.3 Å². The maximum atomic E-state index is 11.9. The van der Waals surface area contributed by atoms with Crippen molar-refractivity contribution in [2.75, 3.05) is 7.11 Å². The molecule has 0 fully saturated rings. The summed E-state index contributed by atoms with van der Waals surface area (Å²) in [6.45, 7) is 0.675. The first-order valence-electron chi connectivity index (χ1n) is 12.1. The zero-order chi connectivity index (χ0) is 24.5. The van der Waals surface area contributed by atoms with E-state index in [9.17, 15) is 9.90 Å². The van der Waals surface area contributed by atoms with Crippen LogP contribution in [0.1, 0.15) is 36.0 Å². The average Bonchev–Trinajstić information content (AvgIpc) is 3.35. The predicted molar refractivity (Wildman–Crippen MR) is 139 cm³/mol. The Balaban J connectivity index is 1.38. The highest BCUT2D eigenvalue weighted by atomic mass is 16.5. The van der Waals surface area contributed by atoms with Crippen LogP contribution in [0.4, 0.5) is 0 Å². The van der Waals surface area contributed by atoms with Gasteiger partial charge in [0.15, 0.2) is 0 Å². The van der Waals surface area contributed by atoms with Crippen LogP contribution in [0, 0.1) is 5.92 Å². The molecular formula is C30H32N2O3. The third kappa shape index (κ3) is 6.82. The van der Waals surface area contributed by atoms with Gasteiger partial charge >= 0.3 is 5.97 Å². The van der Waals surface area contributed by atoms with Crippen LogP contribution >= 0.6 is 0 Å². The molecule has 0 radical (unpaired) electrons. The Morgan fingerprint density at radius 1 is 0.914 bits per heavy atom. The molecule has 1 heterocycles. The van der Waals surface area contributed by atoms with Gasteiger partial charge in [0.2, 0.25) is 0 Å². The Morgan fingerprint density at radius 2 is 1.66 bits per heavy atom. The third-order valence-electron chi connectivity index (χ3n) is 6.44. The molecule has 1 atom stereocenters. The van der Waals surface area contributed by atoms with Crippen molar-refractivity contribution in [3.05, 3.63) is 108 Å². The lowest BCUT2D eigenvalue weighted by Gasteiger charge is -2.14. The van der Waals surface area contributed by atoms with Gasteiger partial charge in [-0.2, -0.15) is 5.10 Å². The fourth-order valence-corrected chi connectivity index (χ4v) is 4.45. The molecule has 5 nitrogen and oxygen atoms in total. The number of aromatic nitrogens is 2. The largest absolute Gasteiger partial charge is 0.497 e. The highest BCUT2D eigenvalue weighted by Crippen LogP contribution is 2.27. The number of nitrogens with zero attached hydrogens (tertiary/aromatic N) is 2. The number of hydrogen-bond acceptors (Lipinski definition) is 3. The first kappa shape index (κ1) is 24.3. The fraction of sp³-hybridized carbons (Fsp3) is 0.267. The topological polar surface area (TPSA) is 64.3 Å². The molecule has 0 amide bonds. The molecule has 0 saturated carbocycles. The summed E-state index contributed by atoms with van der Waals surface area (Å²) in [6, 6.07) is 26.5. The van der Waals surface area contributed by atoms with E-state index in [2.05, 4.69) is 35.6 Å². The van der Waals surface area contributed by atoms with E-state index in [1.165, 1.54) is 5.56 Å². The fourth-order valence-electron chi connectivity index (χ4n) is 4.45. The summed E-state index contributed by atoms with van der Waals surface area (Å²) in [5.41, 5.74) is 5.72. The first-order chi connectivity index (χ1) is 17.1. The number of methoxy groups -OCH3 is 1. The normalized spacial score (nSPS) is 11.8. The number of rotatable bonds is 12. The Kier molecular flexibility index (Phi) is 8.34. The van der Waals surface area contributed by atoms with Crippen LogP contribution in [0.25, 0.3) is 11.1 Å². The second-order valence-electron chi connectivity index (χ2n) is 8.88. The highest BCUT2D eigenvalue weighted by molar-refractivity contribution is 5.70. The van der Waals surface area contributed by atoms with Gasteiger partial charge in [0, 0.05) is 11.8 Å². The van der Waals surface area contributed by atoms with Crippen molar-refractivity contribution >= 4 is 5.97 Å². The molecule has 3 aromatic carbocycles. The standard InChI is InChI=1S/C30H32N2O3/c1-35-28-18-14-24(15-19-28)21-32-22-27(20-31-32)29-13-6-5-11-25(29)16-17-26(30(33)34)12-7-10-23-8-3-2-4-9-23/h2-6,8-9,11,13-15,18-20,22,26H,7,10,12,16-17,21H2,1H3,(H,33,34). The lowest BCUT2D eigenvalue weighted by Crippen LogP contribution is -2.15. The van der Waals surface area contributed by atoms with Crippen molar-refractivity contribution < 1.29 is 14.6 Å². The van der Waals surface area contributed by atoms with Gasteiger partial charge in [0.05, 0.1) is 25.8 Å². The summed E-state index contributed by atoms with van der Waals surface area (Å²) in [7, 11) is 1.66. The second kappa shape index (κ2) is 12.0. The third-order valence-corrected chi connectivity index (χ3v) is 6.44. The van der Waals surface area contributed by atoms with Crippen LogP contribution in [-0.2, 0) is 24.2 Å². The Labute approximate surface area is 207 Å². The molecule has 35 heavy (non-hydrogen) atoms. The molecule has 0 aliphatic rings. The van der Waals surface area contributed by atoms with Crippen molar-refractivity contribution in [1.82, 2.24) is 9.78 Å². The monoisotopic (exact) mass is 468 g/mol. The Hall–Kier alpha value is -3.86. The number of carboxylic acids is 1. The molecule has 0 saturated heterocycles. The predicted octanol–water partition coefficient (Wildman–Crippen LogP) is 6.26. The maximum absolute atomic E-state index is 11.9. The van der Waals surface area contributed by atoms with E-state index in [0.29, 0.717) is 19.4 Å². The van der Waals surface area contributed by atoms with Crippen LogP contribution < -0.4 is 4.74 Å². The number of benzene rings is 3. The number of carbonyl (C=O) groups is 1. The van der Waals surface area contributed by atoms with Crippen LogP contribution in [0.5, 0.6) is 5.75 Å². The van der Waals surface area contributed by atoms with E-state index >= 15 is 0 Å². The van der Waals surface area contributed by atoms with E-state index in [1.54, 1.807) is 7.11 Å². The Morgan fingerprint density at radius 3 is 2.40 bits per heavy atom. The summed E-state index contributed by atoms with van der Waals surface area (Å²) < 4.78 is 7.16. The van der Waals surface area contributed by atoms with Crippen molar-refractivity contribution in [3.8, 4) is 16.9 Å². The lowest BCUT2D eigenvalue weighted by molar-refractivity contribution is -0.142. The van der Waals surface area contributed by atoms with Crippen LogP contribution in [0.15, 0.2) is 91.3 Å². The Bertz CT molecular complexity index is 1220. The molecule has 0 aliphatic heterocycles. The van der Waals surface area contributed by atoms with E-state index in [1.807, 2.05) is 65.5 Å². The summed E-state index contributed by atoms with van der Waals surface area (Å²) in [5, 5.41) is 14.3. The zero-order valence-electron chi connectivity index (χ0n) is 20.1. The van der Waals surface area contributed by atoms with Crippen molar-refractivity contribution in [1.29, 1.82) is 0 Å². The highest BCUT2D eigenvalue weighted by Gasteiger charge is 2.18. The quantitative estimate of drug-likeness (QED) is 0.266. The summed E-state index contributed by atoms with van der Waals surface area (Å²) in [6.07, 6.45) is 7.76. The van der Waals surface area contributed by atoms with E-state index < -0.39 is 5.97 Å². The van der Waals surface area contributed by atoms with Crippen molar-refractivity contribution in [2.24, 2.45) is 5.92 Å². The zero-order valence-corrected chi connectivity index (χ0v) is 20.1. The molecule has 180 valence electrons. The molecule has 4 aromatic rings. The number of aliphatic carboxylic acids is 1. The van der Waals surface area contributed by atoms with Gasteiger partial charge in [-0.15, -0.1) is 0 Å². The second-order valence-corrected chi connectivity index (χ2v) is 8.88. The SMILES string of the molecule is COc1ccc(Cn2cc(-c3ccccc3CCC(CCCc3ccccc3)C(=O)O)cn2)cc1. The van der Waals surface area contributed by atoms with E-state index in [-0.39, 0.29) is 5.92 Å². The molecule has 0 aliphatic carbocycles. The summed E-state index contributed by atoms with van der Waals surface area (Å²) in [4.78, 5) is 11.9. The molecule has 0 spiro atoms. The van der Waals surface area contributed by atoms with E-state index in [4.69, 9.17) is 4.74 Å². The van der Waals surface area contributed by atoms with Crippen LogP contribution in [0.3, 0.4) is 0 Å². The first-order valence-corrected chi connectivity index (χ1v) is 12.1. The van der Waals surface area contributed by atoms with Gasteiger partial charge in [0.25, 0.3) is 0 Å². The summed E-state index contributed by atoms with van der Waals surface area (Å²) >= 11 is 0. The van der Waals surface area contributed by atoms with Gasteiger partial charge in [0.1, 0.15) is 5.75 Å². The van der Waals surface area contributed by atoms with Crippen molar-refractivity contribution in [3.63, 3.8) is 0 Å². The number of carboxylic acid groups (broad SMARTS) is 1. The van der Waals surface area contributed by atoms with Gasteiger partial charge in [-0.25, -0.2) is 0 Å². The molecule has 1 aromatic heterocycles. The lowest BCUT2D eigenvalue weighted by atomic mass is 9.91. The summed E-state index contributed by atoms with van der Waals surface area (Å²) in [5.74, 6) is -0.212. The molecule has 5 heteroatoms.